The van der Waals surface area contributed by atoms with Crippen molar-refractivity contribution in [2.45, 2.75) is 18.5 Å². The minimum Gasteiger partial charge on any atom is -0.497 e. The molecule has 9 heteroatoms. The highest BCUT2D eigenvalue weighted by molar-refractivity contribution is 6.30. The summed E-state index contributed by atoms with van der Waals surface area (Å²) in [5.74, 6) is 1.08. The van der Waals surface area contributed by atoms with Crippen LogP contribution in [0.2, 0.25) is 5.02 Å². The lowest BCUT2D eigenvalue weighted by Gasteiger charge is -2.23. The van der Waals surface area contributed by atoms with Crippen LogP contribution in [0, 0.1) is 0 Å². The van der Waals surface area contributed by atoms with Crippen LogP contribution in [-0.4, -0.2) is 29.1 Å². The van der Waals surface area contributed by atoms with Crippen LogP contribution in [0.15, 0.2) is 60.9 Å². The Balaban J connectivity index is 1.82. The van der Waals surface area contributed by atoms with Gasteiger partial charge in [-0.3, -0.25) is 0 Å². The Bertz CT molecular complexity index is 977. The van der Waals surface area contributed by atoms with Gasteiger partial charge in [0.05, 0.1) is 7.11 Å². The lowest BCUT2D eigenvalue weighted by atomic mass is 10.1. The van der Waals surface area contributed by atoms with Crippen LogP contribution in [0.1, 0.15) is 29.0 Å². The van der Waals surface area contributed by atoms with Crippen LogP contribution in [0.4, 0.5) is 13.6 Å². The average Bonchev–Trinajstić information content (AvgIpc) is 3.16. The van der Waals surface area contributed by atoms with Gasteiger partial charge in [-0.25, -0.2) is 18.6 Å². The SMILES string of the molecule is COc1ccc(C(NC(=O)NC(c2ccc(Cl)cc2)c2nccn2C)C(F)F)cc1. The van der Waals surface area contributed by atoms with Gasteiger partial charge in [-0.2, -0.15) is 0 Å². The lowest BCUT2D eigenvalue weighted by molar-refractivity contribution is 0.101. The standard InChI is InChI=1S/C21H21ClF2N4O2/c1-28-12-11-25-20(28)18(14-3-7-15(22)8-4-14)27-21(29)26-17(19(23)24)13-5-9-16(30-2)10-6-13/h3-12,17-19H,1-2H3,(H2,26,27,29). The molecule has 2 unspecified atom stereocenters. The summed E-state index contributed by atoms with van der Waals surface area (Å²) in [5, 5.41) is 5.64. The third kappa shape index (κ3) is 5.07. The molecule has 158 valence electrons. The number of carbonyl (C=O) groups excluding carboxylic acids is 1. The van der Waals surface area contributed by atoms with Gasteiger partial charge in [-0.05, 0) is 35.4 Å². The van der Waals surface area contributed by atoms with E-state index in [9.17, 15) is 13.6 Å². The van der Waals surface area contributed by atoms with Crippen LogP contribution in [0.3, 0.4) is 0 Å². The number of carbonyl (C=O) groups is 1. The molecule has 3 aromatic rings. The third-order valence-electron chi connectivity index (χ3n) is 4.61. The number of nitrogens with zero attached hydrogens (tertiary/aromatic N) is 2. The van der Waals surface area contributed by atoms with Crippen molar-refractivity contribution in [3.8, 4) is 5.75 Å². The average molecular weight is 435 g/mol. The number of benzene rings is 2. The minimum atomic E-state index is -2.80. The van der Waals surface area contributed by atoms with Gasteiger partial charge in [0.2, 0.25) is 0 Å². The Kier molecular flexibility index (Phi) is 6.89. The van der Waals surface area contributed by atoms with E-state index in [1.807, 2.05) is 0 Å². The van der Waals surface area contributed by atoms with Gasteiger partial charge in [0.25, 0.3) is 6.43 Å². The molecular formula is C21H21ClF2N4O2. The topological polar surface area (TPSA) is 68.2 Å². The molecule has 0 aliphatic carbocycles. The fourth-order valence-corrected chi connectivity index (χ4v) is 3.15. The zero-order valence-corrected chi connectivity index (χ0v) is 17.1. The predicted octanol–water partition coefficient (Wildman–Crippen LogP) is 4.48. The van der Waals surface area contributed by atoms with E-state index in [0.29, 0.717) is 22.2 Å². The van der Waals surface area contributed by atoms with E-state index < -0.39 is 24.5 Å². The number of halogens is 3. The van der Waals surface area contributed by atoms with Gasteiger partial charge in [0.1, 0.15) is 23.7 Å². The van der Waals surface area contributed by atoms with Crippen LogP contribution in [0.25, 0.3) is 0 Å². The van der Waals surface area contributed by atoms with Crippen molar-refractivity contribution in [1.82, 2.24) is 20.2 Å². The van der Waals surface area contributed by atoms with Crippen molar-refractivity contribution in [3.05, 3.63) is 82.9 Å². The highest BCUT2D eigenvalue weighted by Gasteiger charge is 2.27. The fraction of sp³-hybridized carbons (Fsp3) is 0.238. The molecule has 0 aliphatic rings. The Hall–Kier alpha value is -3.13. The number of amides is 2. The van der Waals surface area contributed by atoms with Crippen molar-refractivity contribution in [3.63, 3.8) is 0 Å². The van der Waals surface area contributed by atoms with Gasteiger partial charge in [0, 0.05) is 24.5 Å². The first-order valence-electron chi connectivity index (χ1n) is 9.11. The van der Waals surface area contributed by atoms with E-state index in [4.69, 9.17) is 16.3 Å². The van der Waals surface area contributed by atoms with Crippen molar-refractivity contribution < 1.29 is 18.3 Å². The van der Waals surface area contributed by atoms with E-state index in [0.717, 1.165) is 0 Å². The minimum absolute atomic E-state index is 0.265. The molecule has 2 aromatic carbocycles. The van der Waals surface area contributed by atoms with Gasteiger partial charge >= 0.3 is 6.03 Å². The predicted molar refractivity (Wildman–Crippen MR) is 110 cm³/mol. The summed E-state index contributed by atoms with van der Waals surface area (Å²) in [7, 11) is 3.27. The van der Waals surface area contributed by atoms with E-state index >= 15 is 0 Å². The quantitative estimate of drug-likeness (QED) is 0.576. The summed E-state index contributed by atoms with van der Waals surface area (Å²) in [6, 6.07) is 10.1. The van der Waals surface area contributed by atoms with Crippen LogP contribution in [-0.2, 0) is 7.05 Å². The van der Waals surface area contributed by atoms with Gasteiger partial charge in [-0.1, -0.05) is 35.9 Å². The second kappa shape index (κ2) is 9.58. The van der Waals surface area contributed by atoms with E-state index in [1.165, 1.54) is 19.2 Å². The Morgan fingerprint density at radius 2 is 1.70 bits per heavy atom. The van der Waals surface area contributed by atoms with Crippen molar-refractivity contribution in [1.29, 1.82) is 0 Å². The summed E-state index contributed by atoms with van der Waals surface area (Å²) >= 11 is 5.96. The number of hydrogen-bond donors (Lipinski definition) is 2. The van der Waals surface area contributed by atoms with E-state index in [1.54, 1.807) is 60.4 Å². The molecule has 0 bridgehead atoms. The summed E-state index contributed by atoms with van der Waals surface area (Å²) in [5.41, 5.74) is 0.975. The van der Waals surface area contributed by atoms with Crippen LogP contribution in [0.5, 0.6) is 5.75 Å². The Labute approximate surface area is 177 Å². The molecule has 6 nitrogen and oxygen atoms in total. The van der Waals surface area contributed by atoms with Crippen molar-refractivity contribution in [2.24, 2.45) is 7.05 Å². The summed E-state index contributed by atoms with van der Waals surface area (Å²) < 4.78 is 34.1. The second-order valence-corrected chi connectivity index (χ2v) is 7.02. The number of rotatable bonds is 7. The molecule has 2 N–H and O–H groups in total. The molecule has 0 aliphatic heterocycles. The lowest BCUT2D eigenvalue weighted by Crippen LogP contribution is -2.42. The number of urea groups is 1. The number of hydrogen-bond acceptors (Lipinski definition) is 3. The maximum Gasteiger partial charge on any atom is 0.316 e. The van der Waals surface area contributed by atoms with Crippen LogP contribution < -0.4 is 15.4 Å². The maximum atomic E-state index is 13.7. The first-order valence-corrected chi connectivity index (χ1v) is 9.48. The molecule has 3 rings (SSSR count). The molecular weight excluding hydrogens is 414 g/mol. The Morgan fingerprint density at radius 3 is 2.23 bits per heavy atom. The molecule has 30 heavy (non-hydrogen) atoms. The monoisotopic (exact) mass is 434 g/mol. The molecule has 2 amide bonds. The number of imidazole rings is 1. The van der Waals surface area contributed by atoms with Gasteiger partial charge < -0.3 is 19.9 Å². The molecule has 0 fully saturated rings. The second-order valence-electron chi connectivity index (χ2n) is 6.58. The van der Waals surface area contributed by atoms with E-state index in [2.05, 4.69) is 15.6 Å². The smallest absolute Gasteiger partial charge is 0.316 e. The van der Waals surface area contributed by atoms with Crippen molar-refractivity contribution in [2.75, 3.05) is 7.11 Å². The molecule has 1 aromatic heterocycles. The van der Waals surface area contributed by atoms with Crippen LogP contribution >= 0.6 is 11.6 Å². The third-order valence-corrected chi connectivity index (χ3v) is 4.86. The number of aryl methyl sites for hydroxylation is 1. The normalized spacial score (nSPS) is 13.0. The maximum absolute atomic E-state index is 13.7. The fourth-order valence-electron chi connectivity index (χ4n) is 3.02. The first kappa shape index (κ1) is 21.6. The molecule has 0 spiro atoms. The number of methoxy groups -OCH3 is 1. The van der Waals surface area contributed by atoms with Gasteiger partial charge in [-0.15, -0.1) is 0 Å². The summed E-state index contributed by atoms with van der Waals surface area (Å²) in [6.45, 7) is 0. The zero-order chi connectivity index (χ0) is 21.7. The molecule has 0 radical (unpaired) electrons. The van der Waals surface area contributed by atoms with Gasteiger partial charge in [0.15, 0.2) is 0 Å². The molecule has 2 atom stereocenters. The molecule has 0 saturated carbocycles. The number of alkyl halides is 2. The Morgan fingerprint density at radius 1 is 1.07 bits per heavy atom. The molecule has 0 saturated heterocycles. The van der Waals surface area contributed by atoms with E-state index in [-0.39, 0.29) is 5.56 Å². The number of ether oxygens (including phenoxy) is 1. The summed E-state index contributed by atoms with van der Waals surface area (Å²) in [4.78, 5) is 17.0. The number of nitrogens with one attached hydrogen (secondary N) is 2. The zero-order valence-electron chi connectivity index (χ0n) is 16.4. The number of aromatic nitrogens is 2. The largest absolute Gasteiger partial charge is 0.497 e. The van der Waals surface area contributed by atoms with Crippen molar-refractivity contribution >= 4 is 17.6 Å². The summed E-state index contributed by atoms with van der Waals surface area (Å²) in [6.07, 6.45) is 0.528. The highest BCUT2D eigenvalue weighted by atomic mass is 35.5. The highest BCUT2D eigenvalue weighted by Crippen LogP contribution is 2.25. The molecule has 1 heterocycles. The first-order chi connectivity index (χ1) is 14.4.